The molecule has 108 valence electrons. The van der Waals surface area contributed by atoms with Gasteiger partial charge in [0.15, 0.2) is 0 Å². The van der Waals surface area contributed by atoms with Crippen LogP contribution in [0.25, 0.3) is 0 Å². The highest BCUT2D eigenvalue weighted by Gasteiger charge is 2.34. The fraction of sp³-hybridized carbons (Fsp3) is 0.533. The molecule has 2 atom stereocenters. The second-order valence-electron chi connectivity index (χ2n) is 5.70. The highest BCUT2D eigenvalue weighted by atomic mass is 35.5. The van der Waals surface area contributed by atoms with Crippen molar-refractivity contribution in [2.24, 2.45) is 11.7 Å². The molecule has 0 radical (unpaired) electrons. The van der Waals surface area contributed by atoms with E-state index in [0.29, 0.717) is 24.9 Å². The van der Waals surface area contributed by atoms with E-state index in [1.807, 2.05) is 12.1 Å². The predicted octanol–water partition coefficient (Wildman–Crippen LogP) is 1.90. The molecule has 2 aliphatic heterocycles. The number of nitrogens with one attached hydrogen (secondary N) is 1. The zero-order chi connectivity index (χ0) is 14.1. The summed E-state index contributed by atoms with van der Waals surface area (Å²) in [5.41, 5.74) is 7.77. The molecule has 2 saturated heterocycles. The van der Waals surface area contributed by atoms with E-state index >= 15 is 0 Å². The molecule has 2 aliphatic rings. The third-order valence-electron chi connectivity index (χ3n) is 4.41. The molecule has 1 amide bonds. The smallest absolute Gasteiger partial charge is 0.220 e. The maximum Gasteiger partial charge on any atom is 0.220 e. The van der Waals surface area contributed by atoms with E-state index in [0.717, 1.165) is 42.2 Å². The molecule has 2 unspecified atom stereocenters. The zero-order valence-corrected chi connectivity index (χ0v) is 12.2. The van der Waals surface area contributed by atoms with Crippen molar-refractivity contribution in [1.82, 2.24) is 5.32 Å². The molecule has 0 aromatic heterocycles. The summed E-state index contributed by atoms with van der Waals surface area (Å²) in [5.74, 6) is 0.733. The molecule has 3 rings (SSSR count). The molecule has 1 aromatic rings. The van der Waals surface area contributed by atoms with Gasteiger partial charge in [0.1, 0.15) is 0 Å². The quantitative estimate of drug-likeness (QED) is 0.876. The van der Waals surface area contributed by atoms with E-state index in [1.54, 1.807) is 0 Å². The SMILES string of the molecule is NCc1ccc(N2CCC3NC(=O)CCC3C2)c(Cl)c1. The molecule has 2 heterocycles. The standard InChI is InChI=1S/C15H20ClN3O/c16-12-7-10(8-17)1-3-14(12)19-6-5-13-11(9-19)2-4-15(20)18-13/h1,3,7,11,13H,2,4-6,8-9,17H2,(H,18,20). The molecule has 0 bridgehead atoms. The largest absolute Gasteiger partial charge is 0.370 e. The summed E-state index contributed by atoms with van der Waals surface area (Å²) >= 11 is 6.37. The van der Waals surface area contributed by atoms with Crippen LogP contribution in [0.1, 0.15) is 24.8 Å². The summed E-state index contributed by atoms with van der Waals surface area (Å²) in [5, 5.41) is 3.88. The zero-order valence-electron chi connectivity index (χ0n) is 11.4. The average molecular weight is 294 g/mol. The number of carbonyl (C=O) groups is 1. The number of hydrogen-bond acceptors (Lipinski definition) is 3. The second-order valence-corrected chi connectivity index (χ2v) is 6.10. The lowest BCUT2D eigenvalue weighted by Crippen LogP contribution is -2.54. The van der Waals surface area contributed by atoms with Gasteiger partial charge in [-0.1, -0.05) is 17.7 Å². The number of nitrogens with zero attached hydrogens (tertiary/aromatic N) is 1. The van der Waals surface area contributed by atoms with Gasteiger partial charge in [0.2, 0.25) is 5.91 Å². The molecular formula is C15H20ClN3O. The number of anilines is 1. The van der Waals surface area contributed by atoms with Crippen molar-refractivity contribution in [1.29, 1.82) is 0 Å². The molecule has 4 nitrogen and oxygen atoms in total. The van der Waals surface area contributed by atoms with Gasteiger partial charge in [-0.3, -0.25) is 4.79 Å². The number of halogens is 1. The van der Waals surface area contributed by atoms with E-state index in [9.17, 15) is 4.79 Å². The minimum Gasteiger partial charge on any atom is -0.370 e. The van der Waals surface area contributed by atoms with Crippen molar-refractivity contribution < 1.29 is 4.79 Å². The first kappa shape index (κ1) is 13.7. The molecule has 0 spiro atoms. The van der Waals surface area contributed by atoms with E-state index in [-0.39, 0.29) is 5.91 Å². The van der Waals surface area contributed by atoms with E-state index in [2.05, 4.69) is 16.3 Å². The lowest BCUT2D eigenvalue weighted by molar-refractivity contribution is -0.124. The van der Waals surface area contributed by atoms with Crippen molar-refractivity contribution in [3.05, 3.63) is 28.8 Å². The molecule has 5 heteroatoms. The number of amides is 1. The number of hydrogen-bond donors (Lipinski definition) is 2. The normalized spacial score (nSPS) is 26.1. The van der Waals surface area contributed by atoms with Crippen LogP contribution in [0.3, 0.4) is 0 Å². The molecule has 3 N–H and O–H groups in total. The minimum absolute atomic E-state index is 0.199. The number of benzene rings is 1. The number of fused-ring (bicyclic) bond motifs is 1. The van der Waals surface area contributed by atoms with Gasteiger partial charge in [0.25, 0.3) is 0 Å². The van der Waals surface area contributed by atoms with Gasteiger partial charge in [-0.25, -0.2) is 0 Å². The van der Waals surface area contributed by atoms with Crippen LogP contribution in [-0.2, 0) is 11.3 Å². The van der Waals surface area contributed by atoms with Gasteiger partial charge in [-0.05, 0) is 36.5 Å². The van der Waals surface area contributed by atoms with Gasteiger partial charge < -0.3 is 16.0 Å². The Kier molecular flexibility index (Phi) is 3.85. The summed E-state index contributed by atoms with van der Waals surface area (Å²) in [7, 11) is 0. The molecule has 0 aliphatic carbocycles. The van der Waals surface area contributed by atoms with Gasteiger partial charge in [0, 0.05) is 32.1 Å². The molecule has 0 saturated carbocycles. The minimum atomic E-state index is 0.199. The van der Waals surface area contributed by atoms with Crippen molar-refractivity contribution >= 4 is 23.2 Å². The van der Waals surface area contributed by atoms with Crippen LogP contribution in [0.5, 0.6) is 0 Å². The average Bonchev–Trinajstić information content (AvgIpc) is 2.46. The third kappa shape index (κ3) is 2.63. The first-order valence-electron chi connectivity index (χ1n) is 7.20. The van der Waals surface area contributed by atoms with Gasteiger partial charge in [-0.2, -0.15) is 0 Å². The summed E-state index contributed by atoms with van der Waals surface area (Å²) in [6, 6.07) is 6.39. The Morgan fingerprint density at radius 3 is 3.00 bits per heavy atom. The predicted molar refractivity (Wildman–Crippen MR) is 80.8 cm³/mol. The lowest BCUT2D eigenvalue weighted by atomic mass is 9.85. The lowest BCUT2D eigenvalue weighted by Gasteiger charge is -2.42. The van der Waals surface area contributed by atoms with Crippen molar-refractivity contribution in [2.45, 2.75) is 31.8 Å². The van der Waals surface area contributed by atoms with Crippen LogP contribution < -0.4 is 16.0 Å². The Hall–Kier alpha value is -1.26. The third-order valence-corrected chi connectivity index (χ3v) is 4.71. The van der Waals surface area contributed by atoms with E-state index in [1.165, 1.54) is 0 Å². The molecular weight excluding hydrogens is 274 g/mol. The van der Waals surface area contributed by atoms with Gasteiger partial charge >= 0.3 is 0 Å². The van der Waals surface area contributed by atoms with E-state index in [4.69, 9.17) is 17.3 Å². The Balaban J connectivity index is 1.74. The van der Waals surface area contributed by atoms with E-state index < -0.39 is 0 Å². The second kappa shape index (κ2) is 5.62. The van der Waals surface area contributed by atoms with Crippen LogP contribution in [0, 0.1) is 5.92 Å². The maximum atomic E-state index is 11.4. The monoisotopic (exact) mass is 293 g/mol. The summed E-state index contributed by atoms with van der Waals surface area (Å²) in [6.07, 6.45) is 2.62. The van der Waals surface area contributed by atoms with Gasteiger partial charge in [-0.15, -0.1) is 0 Å². The number of carbonyl (C=O) groups excluding carboxylic acids is 1. The van der Waals surface area contributed by atoms with Crippen molar-refractivity contribution in [3.8, 4) is 0 Å². The van der Waals surface area contributed by atoms with Crippen LogP contribution in [0.4, 0.5) is 5.69 Å². The number of piperidine rings is 2. The van der Waals surface area contributed by atoms with Gasteiger partial charge in [0.05, 0.1) is 10.7 Å². The van der Waals surface area contributed by atoms with Crippen LogP contribution in [-0.4, -0.2) is 25.0 Å². The Morgan fingerprint density at radius 2 is 2.25 bits per heavy atom. The van der Waals surface area contributed by atoms with Crippen LogP contribution in [0.15, 0.2) is 18.2 Å². The van der Waals surface area contributed by atoms with Crippen molar-refractivity contribution in [3.63, 3.8) is 0 Å². The first-order valence-corrected chi connectivity index (χ1v) is 7.58. The molecule has 1 aromatic carbocycles. The summed E-state index contributed by atoms with van der Waals surface area (Å²) in [4.78, 5) is 13.8. The Labute approximate surface area is 124 Å². The van der Waals surface area contributed by atoms with Crippen molar-refractivity contribution in [2.75, 3.05) is 18.0 Å². The highest BCUT2D eigenvalue weighted by Crippen LogP contribution is 2.33. The summed E-state index contributed by atoms with van der Waals surface area (Å²) < 4.78 is 0. The Bertz CT molecular complexity index is 520. The Morgan fingerprint density at radius 1 is 1.40 bits per heavy atom. The summed E-state index contributed by atoms with van der Waals surface area (Å²) in [6.45, 7) is 2.41. The number of rotatable bonds is 2. The first-order chi connectivity index (χ1) is 9.67. The maximum absolute atomic E-state index is 11.4. The topological polar surface area (TPSA) is 58.4 Å². The fourth-order valence-electron chi connectivity index (χ4n) is 3.26. The highest BCUT2D eigenvalue weighted by molar-refractivity contribution is 6.33. The fourth-order valence-corrected chi connectivity index (χ4v) is 3.59. The molecule has 20 heavy (non-hydrogen) atoms. The number of nitrogens with two attached hydrogens (primary N) is 1. The van der Waals surface area contributed by atoms with Crippen LogP contribution in [0.2, 0.25) is 5.02 Å². The van der Waals surface area contributed by atoms with Crippen LogP contribution >= 0.6 is 11.6 Å². The molecule has 2 fully saturated rings.